The molecule has 2 aliphatic heterocycles. The Kier molecular flexibility index (Phi) is 10.7. The van der Waals surface area contributed by atoms with Gasteiger partial charge in [-0.3, -0.25) is 9.59 Å². The fourth-order valence-corrected chi connectivity index (χ4v) is 6.05. The average Bonchev–Trinajstić information content (AvgIpc) is 3.07. The Balaban J connectivity index is 1.44. The zero-order chi connectivity index (χ0) is 32.8. The maximum atomic E-state index is 13.8. The Bertz CT molecular complexity index is 1550. The highest BCUT2D eigenvalue weighted by Gasteiger charge is 2.38. The zero-order valence-electron chi connectivity index (χ0n) is 25.7. The monoisotopic (exact) mass is 659 g/mol. The smallest absolute Gasteiger partial charge is 0.417 e. The number of hydrogen-bond donors (Lipinski definition) is 2. The predicted molar refractivity (Wildman–Crippen MR) is 170 cm³/mol. The van der Waals surface area contributed by atoms with E-state index in [-0.39, 0.29) is 36.1 Å². The van der Waals surface area contributed by atoms with Gasteiger partial charge in [0.15, 0.2) is 0 Å². The molecule has 2 saturated heterocycles. The van der Waals surface area contributed by atoms with Crippen LogP contribution in [0.1, 0.15) is 46.5 Å². The number of halogens is 4. The summed E-state index contributed by atoms with van der Waals surface area (Å²) < 4.78 is 52.7. The zero-order valence-corrected chi connectivity index (χ0v) is 26.5. The van der Waals surface area contributed by atoms with E-state index in [1.807, 2.05) is 38.1 Å². The van der Waals surface area contributed by atoms with Gasteiger partial charge in [-0.1, -0.05) is 24.6 Å². The molecule has 13 heteroatoms. The van der Waals surface area contributed by atoms with Crippen LogP contribution in [0.2, 0.25) is 5.02 Å². The number of alkyl halides is 3. The first-order chi connectivity index (χ1) is 22.1. The number of pyridine rings is 1. The van der Waals surface area contributed by atoms with Crippen molar-refractivity contribution in [2.24, 2.45) is 0 Å². The van der Waals surface area contributed by atoms with Crippen LogP contribution in [0.25, 0.3) is 11.1 Å². The number of anilines is 1. The maximum Gasteiger partial charge on any atom is 0.417 e. The number of carbonyl (C=O) groups excluding carboxylic acids is 2. The lowest BCUT2D eigenvalue weighted by molar-refractivity contribution is -0.138. The van der Waals surface area contributed by atoms with E-state index in [1.54, 1.807) is 12.3 Å². The number of morpholine rings is 1. The summed E-state index contributed by atoms with van der Waals surface area (Å²) in [7, 11) is 0. The fraction of sp³-hybridized carbons (Fsp3) is 0.424. The SMILES string of the molecule is CCOc1ncccc1-c1ccc(N2CCN(C(=O)c3ccc(Cl)cc3C(F)(F)F)C[C@H]2CC)c(C(=O)NC[C@H]2COCCN2)c1. The van der Waals surface area contributed by atoms with Gasteiger partial charge >= 0.3 is 6.18 Å². The quantitative estimate of drug-likeness (QED) is 0.323. The number of rotatable bonds is 9. The number of nitrogens with zero attached hydrogens (tertiary/aromatic N) is 3. The molecule has 3 aromatic rings. The lowest BCUT2D eigenvalue weighted by atomic mass is 9.98. The van der Waals surface area contributed by atoms with Crippen LogP contribution >= 0.6 is 11.6 Å². The van der Waals surface area contributed by atoms with E-state index in [0.717, 1.165) is 23.3 Å². The molecule has 246 valence electrons. The minimum atomic E-state index is -4.73. The molecule has 2 fully saturated rings. The molecule has 0 bridgehead atoms. The number of nitrogens with one attached hydrogen (secondary N) is 2. The normalized spacial score (nSPS) is 18.7. The molecule has 46 heavy (non-hydrogen) atoms. The summed E-state index contributed by atoms with van der Waals surface area (Å²) in [6, 6.07) is 12.2. The highest BCUT2D eigenvalue weighted by atomic mass is 35.5. The summed E-state index contributed by atoms with van der Waals surface area (Å²) in [6.45, 7) is 7.06. The summed E-state index contributed by atoms with van der Waals surface area (Å²) in [5.74, 6) is -0.542. The van der Waals surface area contributed by atoms with Crippen LogP contribution in [-0.4, -0.2) is 86.3 Å². The summed E-state index contributed by atoms with van der Waals surface area (Å²) in [4.78, 5) is 35.1. The number of piperazine rings is 1. The Morgan fingerprint density at radius 1 is 1.13 bits per heavy atom. The fourth-order valence-electron chi connectivity index (χ4n) is 5.87. The van der Waals surface area contributed by atoms with Crippen LogP contribution in [0.5, 0.6) is 5.88 Å². The maximum absolute atomic E-state index is 13.8. The lowest BCUT2D eigenvalue weighted by Crippen LogP contribution is -2.55. The van der Waals surface area contributed by atoms with Gasteiger partial charge in [-0.05, 0) is 61.4 Å². The lowest BCUT2D eigenvalue weighted by Gasteiger charge is -2.43. The molecule has 0 unspecified atom stereocenters. The van der Waals surface area contributed by atoms with Crippen molar-refractivity contribution in [1.29, 1.82) is 0 Å². The third-order valence-corrected chi connectivity index (χ3v) is 8.42. The molecule has 5 rings (SSSR count). The molecule has 2 aliphatic rings. The molecule has 2 amide bonds. The molecular weight excluding hydrogens is 623 g/mol. The van der Waals surface area contributed by atoms with Crippen LogP contribution in [-0.2, 0) is 10.9 Å². The van der Waals surface area contributed by atoms with Crippen molar-refractivity contribution >= 4 is 29.1 Å². The standard InChI is InChI=1S/C33H37ClF3N5O4/c1-3-24-19-41(32(44)26-9-8-22(34)17-28(26)33(35,36)37)13-14-42(24)29-10-7-21(25-6-5-11-39-31(25)46-4-2)16-27(29)30(43)40-18-23-20-45-15-12-38-23/h5-11,16-17,23-24,38H,3-4,12-15,18-20H2,1-2H3,(H,40,43)/t23-,24+/m0/s1. The van der Waals surface area contributed by atoms with Crippen LogP contribution in [0.15, 0.2) is 54.7 Å². The number of aromatic nitrogens is 1. The molecule has 0 aliphatic carbocycles. The largest absolute Gasteiger partial charge is 0.478 e. The number of hydrogen-bond acceptors (Lipinski definition) is 7. The molecule has 3 heterocycles. The molecule has 9 nitrogen and oxygen atoms in total. The molecule has 1 aromatic heterocycles. The Hall–Kier alpha value is -3.87. The van der Waals surface area contributed by atoms with Crippen molar-refractivity contribution in [3.63, 3.8) is 0 Å². The summed E-state index contributed by atoms with van der Waals surface area (Å²) in [5.41, 5.74) is 1.07. The van der Waals surface area contributed by atoms with Gasteiger partial charge in [0.25, 0.3) is 11.8 Å². The second kappa shape index (κ2) is 14.7. The predicted octanol–water partition coefficient (Wildman–Crippen LogP) is 5.28. The van der Waals surface area contributed by atoms with E-state index in [2.05, 4.69) is 20.5 Å². The minimum absolute atomic E-state index is 0.0281. The first-order valence-electron chi connectivity index (χ1n) is 15.3. The van der Waals surface area contributed by atoms with Gasteiger partial charge in [0.2, 0.25) is 5.88 Å². The summed E-state index contributed by atoms with van der Waals surface area (Å²) in [6.07, 6.45) is -2.51. The molecule has 0 saturated carbocycles. The summed E-state index contributed by atoms with van der Waals surface area (Å²) in [5, 5.41) is 6.27. The summed E-state index contributed by atoms with van der Waals surface area (Å²) >= 11 is 5.84. The van der Waals surface area contributed by atoms with Gasteiger partial charge in [-0.25, -0.2) is 4.98 Å². The third-order valence-electron chi connectivity index (χ3n) is 8.18. The Morgan fingerprint density at radius 3 is 2.67 bits per heavy atom. The second-order valence-corrected chi connectivity index (χ2v) is 11.6. The molecule has 2 atom stereocenters. The van der Waals surface area contributed by atoms with Crippen molar-refractivity contribution in [1.82, 2.24) is 20.5 Å². The highest BCUT2D eigenvalue weighted by Crippen LogP contribution is 2.36. The first kappa shape index (κ1) is 33.5. The molecule has 0 radical (unpaired) electrons. The number of carbonyl (C=O) groups is 2. The number of benzene rings is 2. The van der Waals surface area contributed by atoms with Crippen molar-refractivity contribution in [3.05, 3.63) is 76.4 Å². The van der Waals surface area contributed by atoms with Crippen molar-refractivity contribution < 1.29 is 32.2 Å². The van der Waals surface area contributed by atoms with Crippen LogP contribution in [0, 0.1) is 0 Å². The van der Waals surface area contributed by atoms with E-state index in [4.69, 9.17) is 21.1 Å². The Morgan fingerprint density at radius 2 is 1.96 bits per heavy atom. The van der Waals surface area contributed by atoms with Gasteiger partial charge in [-0.2, -0.15) is 13.2 Å². The first-order valence-corrected chi connectivity index (χ1v) is 15.7. The molecule has 0 spiro atoms. The highest BCUT2D eigenvalue weighted by molar-refractivity contribution is 6.30. The van der Waals surface area contributed by atoms with Crippen LogP contribution in [0.3, 0.4) is 0 Å². The van der Waals surface area contributed by atoms with Gasteiger partial charge < -0.3 is 29.9 Å². The average molecular weight is 660 g/mol. The minimum Gasteiger partial charge on any atom is -0.478 e. The van der Waals surface area contributed by atoms with E-state index >= 15 is 0 Å². The molecule has 2 N–H and O–H groups in total. The van der Waals surface area contributed by atoms with E-state index < -0.39 is 23.2 Å². The van der Waals surface area contributed by atoms with Gasteiger partial charge in [0.1, 0.15) is 0 Å². The van der Waals surface area contributed by atoms with Gasteiger partial charge in [0.05, 0.1) is 36.5 Å². The number of ether oxygens (including phenoxy) is 2. The van der Waals surface area contributed by atoms with Crippen molar-refractivity contribution in [2.45, 2.75) is 38.5 Å². The van der Waals surface area contributed by atoms with E-state index in [0.29, 0.717) is 63.0 Å². The number of amides is 2. The second-order valence-electron chi connectivity index (χ2n) is 11.2. The van der Waals surface area contributed by atoms with Crippen LogP contribution < -0.4 is 20.3 Å². The van der Waals surface area contributed by atoms with Crippen LogP contribution in [0.4, 0.5) is 18.9 Å². The van der Waals surface area contributed by atoms with Gasteiger partial charge in [-0.15, -0.1) is 0 Å². The Labute approximate surface area is 271 Å². The van der Waals surface area contributed by atoms with Gasteiger partial charge in [0, 0.05) is 67.3 Å². The molecule has 2 aromatic carbocycles. The van der Waals surface area contributed by atoms with E-state index in [1.165, 1.54) is 11.0 Å². The van der Waals surface area contributed by atoms with Crippen molar-refractivity contribution in [2.75, 3.05) is 57.4 Å². The van der Waals surface area contributed by atoms with Crippen molar-refractivity contribution in [3.8, 4) is 17.0 Å². The molecular formula is C33H37ClF3N5O4. The topological polar surface area (TPSA) is 96.0 Å². The third kappa shape index (κ3) is 7.56. The van der Waals surface area contributed by atoms with E-state index in [9.17, 15) is 22.8 Å².